The van der Waals surface area contributed by atoms with E-state index in [2.05, 4.69) is 30.3 Å². The number of nitrogens with zero attached hydrogens (tertiary/aromatic N) is 6. The van der Waals surface area contributed by atoms with E-state index in [9.17, 15) is 0 Å². The van der Waals surface area contributed by atoms with E-state index in [4.69, 9.17) is 4.98 Å². The van der Waals surface area contributed by atoms with Crippen LogP contribution in [-0.2, 0) is 0 Å². The van der Waals surface area contributed by atoms with Gasteiger partial charge in [0.25, 0.3) is 0 Å². The standard InChI is InChI=1S/C18H25N7S/c1-3-9-24(10-4-1)17-20-16(23-19-14-15-8-7-13-26-15)21-18(22-17)25-11-5-2-6-12-25/h7-8,13-14H,1-6,9-12H2,(H,20,21,22,23)/b19-14-. The highest BCUT2D eigenvalue weighted by Gasteiger charge is 2.20. The van der Waals surface area contributed by atoms with Crippen molar-refractivity contribution in [3.63, 3.8) is 0 Å². The third kappa shape index (κ3) is 4.30. The molecule has 4 heterocycles. The summed E-state index contributed by atoms with van der Waals surface area (Å²) in [7, 11) is 0. The number of piperidine rings is 2. The summed E-state index contributed by atoms with van der Waals surface area (Å²) >= 11 is 1.65. The van der Waals surface area contributed by atoms with Gasteiger partial charge in [-0.25, -0.2) is 5.43 Å². The Bertz CT molecular complexity index is 683. The summed E-state index contributed by atoms with van der Waals surface area (Å²) in [6.07, 6.45) is 9.17. The number of nitrogens with one attached hydrogen (secondary N) is 1. The van der Waals surface area contributed by atoms with Crippen molar-refractivity contribution in [2.24, 2.45) is 5.10 Å². The quantitative estimate of drug-likeness (QED) is 0.642. The Kier molecular flexibility index (Phi) is 5.59. The third-order valence-corrected chi connectivity index (χ3v) is 5.60. The Hall–Kier alpha value is -2.22. The van der Waals surface area contributed by atoms with Crippen molar-refractivity contribution in [3.8, 4) is 0 Å². The lowest BCUT2D eigenvalue weighted by molar-refractivity contribution is 0.556. The van der Waals surface area contributed by atoms with E-state index < -0.39 is 0 Å². The molecule has 0 aromatic carbocycles. The molecule has 8 heteroatoms. The zero-order chi connectivity index (χ0) is 17.6. The fourth-order valence-electron chi connectivity index (χ4n) is 3.39. The Labute approximate surface area is 158 Å². The van der Waals surface area contributed by atoms with Crippen LogP contribution in [0.4, 0.5) is 17.8 Å². The first-order valence-corrected chi connectivity index (χ1v) is 10.3. The number of hydrogen-bond acceptors (Lipinski definition) is 8. The van der Waals surface area contributed by atoms with Crippen LogP contribution in [0.3, 0.4) is 0 Å². The van der Waals surface area contributed by atoms with Crippen molar-refractivity contribution in [1.82, 2.24) is 15.0 Å². The molecule has 2 aromatic heterocycles. The minimum atomic E-state index is 0.522. The maximum Gasteiger partial charge on any atom is 0.250 e. The van der Waals surface area contributed by atoms with Crippen LogP contribution in [0, 0.1) is 0 Å². The van der Waals surface area contributed by atoms with Gasteiger partial charge in [-0.2, -0.15) is 20.1 Å². The van der Waals surface area contributed by atoms with Crippen LogP contribution in [0.25, 0.3) is 0 Å². The normalized spacial score (nSPS) is 18.5. The van der Waals surface area contributed by atoms with Crippen LogP contribution in [-0.4, -0.2) is 47.3 Å². The van der Waals surface area contributed by atoms with E-state index in [1.165, 1.54) is 38.5 Å². The zero-order valence-corrected chi connectivity index (χ0v) is 15.8. The number of hydrazone groups is 1. The van der Waals surface area contributed by atoms with Crippen LogP contribution in [0.2, 0.25) is 0 Å². The summed E-state index contributed by atoms with van der Waals surface area (Å²) in [5.74, 6) is 2.07. The molecule has 0 saturated carbocycles. The molecule has 1 N–H and O–H groups in total. The molecular weight excluding hydrogens is 346 g/mol. The molecule has 0 amide bonds. The molecule has 0 aliphatic carbocycles. The van der Waals surface area contributed by atoms with Gasteiger partial charge in [-0.1, -0.05) is 6.07 Å². The highest BCUT2D eigenvalue weighted by molar-refractivity contribution is 7.11. The van der Waals surface area contributed by atoms with Gasteiger partial charge in [0.05, 0.1) is 6.21 Å². The third-order valence-electron chi connectivity index (χ3n) is 4.79. The summed E-state index contributed by atoms with van der Waals surface area (Å²) < 4.78 is 0. The van der Waals surface area contributed by atoms with Crippen molar-refractivity contribution >= 4 is 35.4 Å². The van der Waals surface area contributed by atoms with E-state index >= 15 is 0 Å². The molecule has 0 radical (unpaired) electrons. The lowest BCUT2D eigenvalue weighted by atomic mass is 10.1. The lowest BCUT2D eigenvalue weighted by Gasteiger charge is -2.30. The van der Waals surface area contributed by atoms with Gasteiger partial charge in [-0.05, 0) is 50.0 Å². The molecule has 0 spiro atoms. The van der Waals surface area contributed by atoms with E-state index in [1.807, 2.05) is 17.5 Å². The van der Waals surface area contributed by atoms with Crippen LogP contribution >= 0.6 is 11.3 Å². The van der Waals surface area contributed by atoms with Gasteiger partial charge in [-0.3, -0.25) is 0 Å². The summed E-state index contributed by atoms with van der Waals surface area (Å²) in [4.78, 5) is 19.7. The maximum absolute atomic E-state index is 4.78. The highest BCUT2D eigenvalue weighted by atomic mass is 32.1. The fraction of sp³-hybridized carbons (Fsp3) is 0.556. The second-order valence-corrected chi connectivity index (χ2v) is 7.72. The first kappa shape index (κ1) is 17.2. The monoisotopic (exact) mass is 371 g/mol. The van der Waals surface area contributed by atoms with Gasteiger partial charge in [-0.15, -0.1) is 11.3 Å². The van der Waals surface area contributed by atoms with Crippen molar-refractivity contribution < 1.29 is 0 Å². The topological polar surface area (TPSA) is 69.5 Å². The molecule has 2 saturated heterocycles. The molecular formula is C18H25N7S. The van der Waals surface area contributed by atoms with Crippen LogP contribution < -0.4 is 15.2 Å². The SMILES string of the molecule is C(=N/Nc1nc(N2CCCCC2)nc(N2CCCCC2)n1)/c1cccs1. The van der Waals surface area contributed by atoms with Gasteiger partial charge >= 0.3 is 0 Å². The first-order valence-electron chi connectivity index (χ1n) is 9.47. The van der Waals surface area contributed by atoms with Gasteiger partial charge in [0.2, 0.25) is 17.8 Å². The molecule has 138 valence electrons. The Morgan fingerprint density at radius 1 is 0.885 bits per heavy atom. The Balaban J connectivity index is 1.56. The molecule has 7 nitrogen and oxygen atoms in total. The van der Waals surface area contributed by atoms with E-state index in [-0.39, 0.29) is 0 Å². The van der Waals surface area contributed by atoms with Crippen LogP contribution in [0.5, 0.6) is 0 Å². The summed E-state index contributed by atoms with van der Waals surface area (Å²) in [5.41, 5.74) is 3.00. The minimum Gasteiger partial charge on any atom is -0.341 e. The van der Waals surface area contributed by atoms with E-state index in [0.29, 0.717) is 5.95 Å². The molecule has 2 aliphatic rings. The summed E-state index contributed by atoms with van der Waals surface area (Å²) in [6.45, 7) is 4.06. The summed E-state index contributed by atoms with van der Waals surface area (Å²) in [6, 6.07) is 4.04. The minimum absolute atomic E-state index is 0.522. The van der Waals surface area contributed by atoms with Gasteiger partial charge < -0.3 is 9.80 Å². The first-order chi connectivity index (χ1) is 12.9. The molecule has 2 aliphatic heterocycles. The predicted molar refractivity (Wildman–Crippen MR) is 107 cm³/mol. The second-order valence-electron chi connectivity index (χ2n) is 6.74. The maximum atomic E-state index is 4.78. The molecule has 0 atom stereocenters. The largest absolute Gasteiger partial charge is 0.341 e. The van der Waals surface area contributed by atoms with Gasteiger partial charge in [0.1, 0.15) is 0 Å². The average molecular weight is 372 g/mol. The number of hydrogen-bond donors (Lipinski definition) is 1. The van der Waals surface area contributed by atoms with Crippen molar-refractivity contribution in [1.29, 1.82) is 0 Å². The number of rotatable bonds is 5. The van der Waals surface area contributed by atoms with Crippen LogP contribution in [0.15, 0.2) is 22.6 Å². The highest BCUT2D eigenvalue weighted by Crippen LogP contribution is 2.22. The molecule has 2 aromatic rings. The van der Waals surface area contributed by atoms with Gasteiger partial charge in [0, 0.05) is 31.1 Å². The van der Waals surface area contributed by atoms with Crippen LogP contribution in [0.1, 0.15) is 43.4 Å². The van der Waals surface area contributed by atoms with Crippen molar-refractivity contribution in [2.75, 3.05) is 41.4 Å². The molecule has 2 fully saturated rings. The molecule has 0 unspecified atom stereocenters. The van der Waals surface area contributed by atoms with Crippen molar-refractivity contribution in [2.45, 2.75) is 38.5 Å². The lowest BCUT2D eigenvalue weighted by Crippen LogP contribution is -2.34. The average Bonchev–Trinajstić information content (AvgIpc) is 3.23. The summed E-state index contributed by atoms with van der Waals surface area (Å²) in [5, 5.41) is 6.34. The van der Waals surface area contributed by atoms with E-state index in [0.717, 1.165) is 43.0 Å². The molecule has 0 bridgehead atoms. The predicted octanol–water partition coefficient (Wildman–Crippen LogP) is 3.36. The number of anilines is 3. The smallest absolute Gasteiger partial charge is 0.250 e. The zero-order valence-electron chi connectivity index (χ0n) is 15.0. The molecule has 4 rings (SSSR count). The van der Waals surface area contributed by atoms with Gasteiger partial charge in [0.15, 0.2) is 0 Å². The Morgan fingerprint density at radius 2 is 1.50 bits per heavy atom. The fourth-order valence-corrected chi connectivity index (χ4v) is 3.98. The van der Waals surface area contributed by atoms with E-state index in [1.54, 1.807) is 17.6 Å². The molecule has 26 heavy (non-hydrogen) atoms. The number of thiophene rings is 1. The Morgan fingerprint density at radius 3 is 2.04 bits per heavy atom. The van der Waals surface area contributed by atoms with Crippen molar-refractivity contribution in [3.05, 3.63) is 22.4 Å². The number of aromatic nitrogens is 3. The second kappa shape index (κ2) is 8.44.